The molecule has 0 fully saturated rings. The second kappa shape index (κ2) is 12.2. The van der Waals surface area contributed by atoms with Crippen molar-refractivity contribution in [3.63, 3.8) is 0 Å². The van der Waals surface area contributed by atoms with E-state index in [2.05, 4.69) is 49.2 Å². The molecule has 0 radical (unpaired) electrons. The topological polar surface area (TPSA) is 52.8 Å². The Bertz CT molecular complexity index is 1080. The van der Waals surface area contributed by atoms with Crippen molar-refractivity contribution >= 4 is 23.1 Å². The molecule has 0 saturated carbocycles. The number of aliphatic imine (C=N–C) groups is 1. The van der Waals surface area contributed by atoms with Crippen molar-refractivity contribution in [3.8, 4) is 16.9 Å². The summed E-state index contributed by atoms with van der Waals surface area (Å²) in [6, 6.07) is 16.1. The number of phenols is 1. The van der Waals surface area contributed by atoms with Gasteiger partial charge in [-0.1, -0.05) is 89.2 Å². The van der Waals surface area contributed by atoms with Gasteiger partial charge in [0.05, 0.1) is 12.6 Å². The van der Waals surface area contributed by atoms with Crippen LogP contribution in [0.3, 0.4) is 0 Å². The molecule has 1 atom stereocenters. The summed E-state index contributed by atoms with van der Waals surface area (Å²) in [7, 11) is 0. The van der Waals surface area contributed by atoms with Gasteiger partial charge in [-0.15, -0.1) is 0 Å². The van der Waals surface area contributed by atoms with Gasteiger partial charge in [0.1, 0.15) is 5.75 Å². The van der Waals surface area contributed by atoms with Gasteiger partial charge >= 0.3 is 0 Å². The summed E-state index contributed by atoms with van der Waals surface area (Å²) in [6.07, 6.45) is 6.93. The molecule has 0 spiro atoms. The number of aromatic hydroxyl groups is 1. The molecule has 0 amide bonds. The molecular weight excluding hydrogens is 394 g/mol. The van der Waals surface area contributed by atoms with Gasteiger partial charge in [-0.25, -0.2) is 0 Å². The largest absolute Gasteiger partial charge is 0.507 e. The van der Waals surface area contributed by atoms with Crippen LogP contribution in [0.2, 0.25) is 0 Å². The van der Waals surface area contributed by atoms with Crippen molar-refractivity contribution in [1.82, 2.24) is 0 Å². The molecule has 0 bridgehead atoms. The zero-order valence-electron chi connectivity index (χ0n) is 20.3. The SMILES string of the molecule is CC.CC/C=C\c1c(C)cccc1-c1c(O)c(C=NC(CO)C(C)C)cc2ccccc12. The second-order valence-corrected chi connectivity index (χ2v) is 8.03. The van der Waals surface area contributed by atoms with E-state index in [1.165, 1.54) is 5.56 Å². The van der Waals surface area contributed by atoms with Crippen molar-refractivity contribution in [2.45, 2.75) is 54.0 Å². The van der Waals surface area contributed by atoms with E-state index in [4.69, 9.17) is 0 Å². The molecule has 0 aromatic heterocycles. The highest BCUT2D eigenvalue weighted by molar-refractivity contribution is 6.06. The quantitative estimate of drug-likeness (QED) is 0.383. The highest BCUT2D eigenvalue weighted by Crippen LogP contribution is 2.41. The number of benzene rings is 3. The van der Waals surface area contributed by atoms with Crippen LogP contribution < -0.4 is 0 Å². The lowest BCUT2D eigenvalue weighted by molar-refractivity contribution is 0.240. The summed E-state index contributed by atoms with van der Waals surface area (Å²) in [4.78, 5) is 4.55. The van der Waals surface area contributed by atoms with Crippen molar-refractivity contribution in [3.05, 3.63) is 71.3 Å². The van der Waals surface area contributed by atoms with E-state index in [1.807, 2.05) is 58.0 Å². The van der Waals surface area contributed by atoms with Gasteiger partial charge in [0.15, 0.2) is 0 Å². The Balaban J connectivity index is 0.00000176. The summed E-state index contributed by atoms with van der Waals surface area (Å²) in [5, 5.41) is 23.0. The van der Waals surface area contributed by atoms with Crippen molar-refractivity contribution in [2.75, 3.05) is 6.61 Å². The minimum absolute atomic E-state index is 0.0147. The maximum atomic E-state index is 11.3. The van der Waals surface area contributed by atoms with Gasteiger partial charge in [-0.2, -0.15) is 0 Å². The Hall–Kier alpha value is -2.91. The lowest BCUT2D eigenvalue weighted by atomic mass is 9.89. The third kappa shape index (κ3) is 5.66. The number of nitrogens with zero attached hydrogens (tertiary/aromatic N) is 1. The average molecular weight is 432 g/mol. The van der Waals surface area contributed by atoms with Crippen LogP contribution in [-0.2, 0) is 0 Å². The summed E-state index contributed by atoms with van der Waals surface area (Å²) in [5.74, 6) is 0.436. The van der Waals surface area contributed by atoms with Gasteiger partial charge in [-0.05, 0) is 52.8 Å². The zero-order valence-corrected chi connectivity index (χ0v) is 20.3. The third-order valence-corrected chi connectivity index (χ3v) is 5.53. The molecule has 3 rings (SSSR count). The molecule has 0 aliphatic carbocycles. The molecule has 1 unspecified atom stereocenters. The fraction of sp³-hybridized carbons (Fsp3) is 0.345. The molecule has 32 heavy (non-hydrogen) atoms. The second-order valence-electron chi connectivity index (χ2n) is 8.03. The maximum Gasteiger partial charge on any atom is 0.132 e. The summed E-state index contributed by atoms with van der Waals surface area (Å²) < 4.78 is 0. The maximum absolute atomic E-state index is 11.3. The van der Waals surface area contributed by atoms with Crippen LogP contribution in [0, 0.1) is 12.8 Å². The number of hydrogen-bond donors (Lipinski definition) is 2. The first-order valence-electron chi connectivity index (χ1n) is 11.6. The predicted octanol–water partition coefficient (Wildman–Crippen LogP) is 7.41. The first-order valence-corrected chi connectivity index (χ1v) is 11.6. The van der Waals surface area contributed by atoms with Crippen molar-refractivity contribution in [2.24, 2.45) is 10.9 Å². The van der Waals surface area contributed by atoms with E-state index in [9.17, 15) is 10.2 Å². The van der Waals surface area contributed by atoms with Gasteiger partial charge in [0, 0.05) is 17.3 Å². The Labute approximate surface area is 193 Å². The van der Waals surface area contributed by atoms with Gasteiger partial charge in [0.25, 0.3) is 0 Å². The molecule has 3 heteroatoms. The summed E-state index contributed by atoms with van der Waals surface area (Å²) >= 11 is 0. The van der Waals surface area contributed by atoms with E-state index in [1.54, 1.807) is 6.21 Å². The number of fused-ring (bicyclic) bond motifs is 1. The first-order chi connectivity index (χ1) is 15.5. The lowest BCUT2D eigenvalue weighted by Gasteiger charge is -2.17. The first kappa shape index (κ1) is 25.4. The molecule has 0 aliphatic heterocycles. The van der Waals surface area contributed by atoms with E-state index >= 15 is 0 Å². The number of allylic oxidation sites excluding steroid dienone is 1. The fourth-order valence-electron chi connectivity index (χ4n) is 3.69. The monoisotopic (exact) mass is 431 g/mol. The van der Waals surface area contributed by atoms with E-state index in [-0.39, 0.29) is 24.3 Å². The van der Waals surface area contributed by atoms with E-state index in [0.717, 1.165) is 33.9 Å². The normalized spacial score (nSPS) is 12.5. The Morgan fingerprint density at radius 3 is 2.41 bits per heavy atom. The van der Waals surface area contributed by atoms with Gasteiger partial charge in [0.2, 0.25) is 0 Å². The Kier molecular flexibility index (Phi) is 9.67. The molecular formula is C29H37NO2. The predicted molar refractivity (Wildman–Crippen MR) is 140 cm³/mol. The fourth-order valence-corrected chi connectivity index (χ4v) is 3.69. The Morgan fingerprint density at radius 1 is 1.03 bits per heavy atom. The molecule has 3 nitrogen and oxygen atoms in total. The van der Waals surface area contributed by atoms with Gasteiger partial charge in [-0.3, -0.25) is 4.99 Å². The van der Waals surface area contributed by atoms with E-state index < -0.39 is 0 Å². The third-order valence-electron chi connectivity index (χ3n) is 5.53. The minimum Gasteiger partial charge on any atom is -0.507 e. The molecule has 0 heterocycles. The number of phenolic OH excluding ortho intramolecular Hbond substituents is 1. The number of aliphatic hydroxyl groups is 1. The van der Waals surface area contributed by atoms with Crippen LogP contribution in [0.5, 0.6) is 5.75 Å². The summed E-state index contributed by atoms with van der Waals surface area (Å²) in [5.41, 5.74) is 4.77. The average Bonchev–Trinajstić information content (AvgIpc) is 2.80. The molecule has 2 N–H and O–H groups in total. The van der Waals surface area contributed by atoms with Crippen LogP contribution in [0.4, 0.5) is 0 Å². The lowest BCUT2D eigenvalue weighted by Crippen LogP contribution is -2.17. The van der Waals surface area contributed by atoms with Crippen LogP contribution in [0.1, 0.15) is 57.7 Å². The molecule has 0 saturated heterocycles. The molecule has 170 valence electrons. The van der Waals surface area contributed by atoms with Crippen LogP contribution >= 0.6 is 0 Å². The van der Waals surface area contributed by atoms with Gasteiger partial charge < -0.3 is 10.2 Å². The Morgan fingerprint density at radius 2 is 1.75 bits per heavy atom. The highest BCUT2D eigenvalue weighted by atomic mass is 16.3. The molecule has 3 aromatic carbocycles. The van der Waals surface area contributed by atoms with Crippen molar-refractivity contribution < 1.29 is 10.2 Å². The standard InChI is InChI=1S/C27H31NO2.C2H6/c1-5-6-12-22-19(4)10-9-14-24(22)26-23-13-8-7-11-20(23)15-21(27(26)30)16-28-25(17-29)18(2)3;1-2/h6-16,18,25,29-30H,5,17H2,1-4H3;1-2H3/b12-6-,28-16?;. The van der Waals surface area contributed by atoms with Crippen LogP contribution in [0.25, 0.3) is 28.0 Å². The minimum atomic E-state index is -0.193. The number of aryl methyl sites for hydroxylation is 1. The zero-order chi connectivity index (χ0) is 23.7. The summed E-state index contributed by atoms with van der Waals surface area (Å²) in [6.45, 7) is 12.3. The molecule has 3 aromatic rings. The number of rotatable bonds is 7. The van der Waals surface area contributed by atoms with Crippen LogP contribution in [-0.4, -0.2) is 29.1 Å². The van der Waals surface area contributed by atoms with E-state index in [0.29, 0.717) is 5.56 Å². The van der Waals surface area contributed by atoms with Crippen molar-refractivity contribution in [1.29, 1.82) is 0 Å². The smallest absolute Gasteiger partial charge is 0.132 e. The molecule has 0 aliphatic rings. The number of hydrogen-bond acceptors (Lipinski definition) is 3. The number of aliphatic hydroxyl groups excluding tert-OH is 1. The highest BCUT2D eigenvalue weighted by Gasteiger charge is 2.17. The van der Waals surface area contributed by atoms with Crippen LogP contribution in [0.15, 0.2) is 59.6 Å².